The van der Waals surface area contributed by atoms with Crippen molar-refractivity contribution in [3.8, 4) is 11.5 Å². The molecule has 1 amide bonds. The quantitative estimate of drug-likeness (QED) is 0.589. The van der Waals surface area contributed by atoms with Gasteiger partial charge in [-0.05, 0) is 36.8 Å². The third-order valence-corrected chi connectivity index (χ3v) is 5.92. The number of nitrogens with zero attached hydrogens (tertiary/aromatic N) is 4. The van der Waals surface area contributed by atoms with Gasteiger partial charge in [0.1, 0.15) is 12.4 Å². The van der Waals surface area contributed by atoms with Gasteiger partial charge in [0.05, 0.1) is 25.1 Å². The molecule has 0 aliphatic carbocycles. The predicted octanol–water partition coefficient (Wildman–Crippen LogP) is 2.07. The first kappa shape index (κ1) is 21.8. The summed E-state index contributed by atoms with van der Waals surface area (Å²) in [4.78, 5) is 34.4. The topological polar surface area (TPSA) is 76.9 Å². The molecule has 0 bridgehead atoms. The van der Waals surface area contributed by atoms with Gasteiger partial charge in [0.15, 0.2) is 11.5 Å². The molecule has 1 fully saturated rings. The zero-order chi connectivity index (χ0) is 22.7. The minimum Gasteiger partial charge on any atom is -0.493 e. The molecular weight excluding hydrogens is 408 g/mol. The Hall–Kier alpha value is -3.39. The fourth-order valence-electron chi connectivity index (χ4n) is 4.09. The Labute approximate surface area is 187 Å². The molecule has 4 rings (SSSR count). The number of hydrogen-bond donors (Lipinski definition) is 0. The summed E-state index contributed by atoms with van der Waals surface area (Å²) in [5.74, 6) is 1.91. The molecule has 2 heterocycles. The molecule has 1 aliphatic heterocycles. The average Bonchev–Trinajstić information content (AvgIpc) is 2.82. The molecule has 0 N–H and O–H groups in total. The number of carbonyl (C=O) groups is 1. The van der Waals surface area contributed by atoms with Crippen molar-refractivity contribution in [1.29, 1.82) is 0 Å². The summed E-state index contributed by atoms with van der Waals surface area (Å²) in [6.45, 7) is 5.34. The van der Waals surface area contributed by atoms with Crippen molar-refractivity contribution in [2.24, 2.45) is 0 Å². The first-order chi connectivity index (χ1) is 15.5. The fraction of sp³-hybridized carbons (Fsp3) is 0.375. The number of hydrogen-bond acceptors (Lipinski definition) is 6. The van der Waals surface area contributed by atoms with E-state index >= 15 is 0 Å². The van der Waals surface area contributed by atoms with Gasteiger partial charge >= 0.3 is 0 Å². The minimum atomic E-state index is -0.173. The van der Waals surface area contributed by atoms with E-state index in [-0.39, 0.29) is 18.0 Å². The summed E-state index contributed by atoms with van der Waals surface area (Å²) in [6.07, 6.45) is 0. The van der Waals surface area contributed by atoms with Crippen molar-refractivity contribution >= 4 is 16.8 Å². The van der Waals surface area contributed by atoms with Crippen LogP contribution in [0.15, 0.2) is 47.3 Å². The Bertz CT molecular complexity index is 1180. The summed E-state index contributed by atoms with van der Waals surface area (Å²) in [5.41, 5.74) is 1.61. The minimum absolute atomic E-state index is 0.0121. The van der Waals surface area contributed by atoms with E-state index in [1.807, 2.05) is 41.3 Å². The normalized spacial score (nSPS) is 14.5. The van der Waals surface area contributed by atoms with Crippen molar-refractivity contribution in [2.45, 2.75) is 20.0 Å². The number of para-hydroxylation sites is 1. The van der Waals surface area contributed by atoms with Gasteiger partial charge in [-0.1, -0.05) is 18.2 Å². The van der Waals surface area contributed by atoms with Crippen LogP contribution in [0.25, 0.3) is 10.9 Å². The first-order valence-corrected chi connectivity index (χ1v) is 10.7. The largest absolute Gasteiger partial charge is 0.493 e. The molecule has 0 atom stereocenters. The number of methoxy groups -OCH3 is 2. The molecule has 1 aliphatic rings. The van der Waals surface area contributed by atoms with Crippen LogP contribution in [0.1, 0.15) is 11.4 Å². The lowest BCUT2D eigenvalue weighted by Gasteiger charge is -2.35. The molecule has 168 valence electrons. The highest BCUT2D eigenvalue weighted by Crippen LogP contribution is 2.28. The Morgan fingerprint density at radius 2 is 1.72 bits per heavy atom. The zero-order valence-corrected chi connectivity index (χ0v) is 18.7. The van der Waals surface area contributed by atoms with Gasteiger partial charge in [0.25, 0.3) is 5.56 Å². The molecule has 1 saturated heterocycles. The van der Waals surface area contributed by atoms with E-state index in [1.165, 1.54) is 4.57 Å². The highest BCUT2D eigenvalue weighted by atomic mass is 16.5. The van der Waals surface area contributed by atoms with E-state index in [0.29, 0.717) is 41.3 Å². The van der Waals surface area contributed by atoms with Crippen LogP contribution in [0.5, 0.6) is 11.5 Å². The van der Waals surface area contributed by atoms with E-state index in [0.717, 1.165) is 25.2 Å². The van der Waals surface area contributed by atoms with E-state index in [9.17, 15) is 9.59 Å². The monoisotopic (exact) mass is 436 g/mol. The van der Waals surface area contributed by atoms with Crippen LogP contribution in [0.3, 0.4) is 0 Å². The number of ether oxygens (including phenoxy) is 2. The molecular formula is C24H28N4O4. The summed E-state index contributed by atoms with van der Waals surface area (Å²) in [5, 5.41) is 0.533. The molecule has 1 aromatic heterocycles. The van der Waals surface area contributed by atoms with Crippen LogP contribution >= 0.6 is 0 Å². The van der Waals surface area contributed by atoms with E-state index in [2.05, 4.69) is 9.88 Å². The standard InChI is InChI=1S/C24H28N4O4/c1-17-25-20-7-5-4-6-19(20)24(30)28(17)16-23(29)27-12-10-26(11-13-27)15-18-8-9-21(31-2)22(14-18)32-3/h4-9,14H,10-13,15-16H2,1-3H3. The number of carbonyl (C=O) groups excluding carboxylic acids is 1. The lowest BCUT2D eigenvalue weighted by Crippen LogP contribution is -2.49. The zero-order valence-electron chi connectivity index (χ0n) is 18.7. The highest BCUT2D eigenvalue weighted by Gasteiger charge is 2.23. The second-order valence-corrected chi connectivity index (χ2v) is 7.91. The van der Waals surface area contributed by atoms with Gasteiger partial charge in [-0.2, -0.15) is 0 Å². The van der Waals surface area contributed by atoms with Crippen LogP contribution < -0.4 is 15.0 Å². The van der Waals surface area contributed by atoms with Gasteiger partial charge in [-0.3, -0.25) is 19.1 Å². The third kappa shape index (κ3) is 4.45. The van der Waals surface area contributed by atoms with Gasteiger partial charge < -0.3 is 14.4 Å². The Balaban J connectivity index is 1.38. The molecule has 0 unspecified atom stereocenters. The molecule has 3 aromatic rings. The van der Waals surface area contributed by atoms with Gasteiger partial charge in [-0.25, -0.2) is 4.98 Å². The van der Waals surface area contributed by atoms with E-state index < -0.39 is 0 Å². The second kappa shape index (κ2) is 9.40. The Kier molecular flexibility index (Phi) is 6.41. The average molecular weight is 437 g/mol. The van der Waals surface area contributed by atoms with Crippen LogP contribution in [0, 0.1) is 6.92 Å². The van der Waals surface area contributed by atoms with Crippen molar-refractivity contribution in [2.75, 3.05) is 40.4 Å². The van der Waals surface area contributed by atoms with Crippen LogP contribution in [0.4, 0.5) is 0 Å². The summed E-state index contributed by atoms with van der Waals surface area (Å²) in [7, 11) is 3.25. The van der Waals surface area contributed by atoms with Crippen molar-refractivity contribution in [3.05, 3.63) is 64.2 Å². The number of amides is 1. The molecule has 0 spiro atoms. The summed E-state index contributed by atoms with van der Waals surface area (Å²) < 4.78 is 12.2. The van der Waals surface area contributed by atoms with Crippen LogP contribution in [0.2, 0.25) is 0 Å². The molecule has 8 nitrogen and oxygen atoms in total. The predicted molar refractivity (Wildman–Crippen MR) is 122 cm³/mol. The Morgan fingerprint density at radius 1 is 1.00 bits per heavy atom. The summed E-state index contributed by atoms with van der Waals surface area (Å²) >= 11 is 0. The Morgan fingerprint density at radius 3 is 2.44 bits per heavy atom. The molecule has 32 heavy (non-hydrogen) atoms. The van der Waals surface area contributed by atoms with E-state index in [1.54, 1.807) is 27.2 Å². The summed E-state index contributed by atoms with van der Waals surface area (Å²) in [6, 6.07) is 13.1. The maximum Gasteiger partial charge on any atom is 0.261 e. The fourth-order valence-corrected chi connectivity index (χ4v) is 4.09. The van der Waals surface area contributed by atoms with Gasteiger partial charge in [-0.15, -0.1) is 0 Å². The molecule has 2 aromatic carbocycles. The number of aromatic nitrogens is 2. The second-order valence-electron chi connectivity index (χ2n) is 7.91. The van der Waals surface area contributed by atoms with Crippen LogP contribution in [-0.2, 0) is 17.9 Å². The number of rotatable bonds is 6. The number of aryl methyl sites for hydroxylation is 1. The van der Waals surface area contributed by atoms with Crippen molar-refractivity contribution in [1.82, 2.24) is 19.4 Å². The van der Waals surface area contributed by atoms with Crippen molar-refractivity contribution in [3.63, 3.8) is 0 Å². The smallest absolute Gasteiger partial charge is 0.261 e. The maximum absolute atomic E-state index is 12.9. The molecule has 0 radical (unpaired) electrons. The number of fused-ring (bicyclic) bond motifs is 1. The first-order valence-electron chi connectivity index (χ1n) is 10.7. The lowest BCUT2D eigenvalue weighted by molar-refractivity contribution is -0.133. The molecule has 0 saturated carbocycles. The van der Waals surface area contributed by atoms with Crippen molar-refractivity contribution < 1.29 is 14.3 Å². The van der Waals surface area contributed by atoms with Crippen LogP contribution in [-0.4, -0.2) is 65.7 Å². The third-order valence-electron chi connectivity index (χ3n) is 5.92. The molecule has 8 heteroatoms. The maximum atomic E-state index is 12.9. The number of benzene rings is 2. The lowest BCUT2D eigenvalue weighted by atomic mass is 10.1. The highest BCUT2D eigenvalue weighted by molar-refractivity contribution is 5.79. The van der Waals surface area contributed by atoms with Gasteiger partial charge in [0.2, 0.25) is 5.91 Å². The number of piperazine rings is 1. The SMILES string of the molecule is COc1ccc(CN2CCN(C(=O)Cn3c(C)nc4ccccc4c3=O)CC2)cc1OC. The van der Waals surface area contributed by atoms with Gasteiger partial charge in [0, 0.05) is 32.7 Å². The van der Waals surface area contributed by atoms with E-state index in [4.69, 9.17) is 9.47 Å².